The first-order valence-corrected chi connectivity index (χ1v) is 9.51. The highest BCUT2D eigenvalue weighted by atomic mass is 16.5. The predicted octanol–water partition coefficient (Wildman–Crippen LogP) is 2.61. The number of aromatic nitrogens is 3. The number of ether oxygens (including phenoxy) is 3. The van der Waals surface area contributed by atoms with E-state index in [1.54, 1.807) is 26.0 Å². The number of nitrogens with zero attached hydrogens (tertiary/aromatic N) is 4. The van der Waals surface area contributed by atoms with Crippen LogP contribution in [-0.4, -0.2) is 60.3 Å². The first-order chi connectivity index (χ1) is 14.2. The van der Waals surface area contributed by atoms with Crippen molar-refractivity contribution in [3.05, 3.63) is 48.0 Å². The first kappa shape index (κ1) is 19.2. The third-order valence-corrected chi connectivity index (χ3v) is 5.31. The molecule has 3 aromatic rings. The van der Waals surface area contributed by atoms with E-state index in [-0.39, 0.29) is 11.9 Å². The van der Waals surface area contributed by atoms with Gasteiger partial charge in [-0.3, -0.25) is 4.79 Å². The number of likely N-dealkylation sites (tertiary alicyclic amines) is 1. The van der Waals surface area contributed by atoms with Gasteiger partial charge in [0, 0.05) is 20.3 Å². The molecule has 29 heavy (non-hydrogen) atoms. The monoisotopic (exact) mass is 396 g/mol. The van der Waals surface area contributed by atoms with Crippen molar-refractivity contribution in [2.24, 2.45) is 0 Å². The molecule has 1 amide bonds. The molecular formula is C21H24N4O4. The highest BCUT2D eigenvalue weighted by Crippen LogP contribution is 2.45. The Morgan fingerprint density at radius 1 is 1.00 bits per heavy atom. The van der Waals surface area contributed by atoms with E-state index >= 15 is 0 Å². The second kappa shape index (κ2) is 8.08. The highest BCUT2D eigenvalue weighted by Gasteiger charge is 2.50. The number of amides is 1. The Morgan fingerprint density at radius 2 is 1.79 bits per heavy atom. The fourth-order valence-electron chi connectivity index (χ4n) is 3.89. The molecule has 1 aliphatic rings. The summed E-state index contributed by atoms with van der Waals surface area (Å²) >= 11 is 0. The molecule has 2 atom stereocenters. The lowest BCUT2D eigenvalue weighted by molar-refractivity contribution is -0.156. The Kier molecular flexibility index (Phi) is 5.35. The third-order valence-electron chi connectivity index (χ3n) is 5.31. The number of β-lactam (4-membered cyclic amide) rings is 1. The minimum absolute atomic E-state index is 0.0246. The van der Waals surface area contributed by atoms with E-state index in [0.29, 0.717) is 24.7 Å². The molecule has 8 nitrogen and oxygen atoms in total. The second-order valence-electron chi connectivity index (χ2n) is 6.90. The molecule has 0 radical (unpaired) electrons. The summed E-state index contributed by atoms with van der Waals surface area (Å²) in [5, 5.41) is 8.51. The summed E-state index contributed by atoms with van der Waals surface area (Å²) in [5.41, 5.74) is 2.57. The molecule has 4 rings (SSSR count). The fraction of sp³-hybridized carbons (Fsp3) is 0.381. The van der Waals surface area contributed by atoms with Crippen LogP contribution in [-0.2, 0) is 9.53 Å². The summed E-state index contributed by atoms with van der Waals surface area (Å²) in [5.74, 6) is 1.30. The van der Waals surface area contributed by atoms with Crippen LogP contribution in [0.25, 0.3) is 11.0 Å². The number of methoxy groups -OCH3 is 3. The summed E-state index contributed by atoms with van der Waals surface area (Å²) < 4.78 is 17.7. The Hall–Kier alpha value is -3.13. The third kappa shape index (κ3) is 3.29. The topological polar surface area (TPSA) is 78.7 Å². The Balaban J connectivity index is 1.73. The maximum atomic E-state index is 13.1. The molecule has 1 fully saturated rings. The molecule has 2 aromatic carbocycles. The quantitative estimate of drug-likeness (QED) is 0.430. The second-order valence-corrected chi connectivity index (χ2v) is 6.90. The summed E-state index contributed by atoms with van der Waals surface area (Å²) in [6.45, 7) is 1.20. The van der Waals surface area contributed by atoms with Gasteiger partial charge in [-0.1, -0.05) is 23.4 Å². The molecular weight excluding hydrogens is 372 g/mol. The Labute approximate surface area is 169 Å². The van der Waals surface area contributed by atoms with E-state index < -0.39 is 6.04 Å². The van der Waals surface area contributed by atoms with Gasteiger partial charge in [-0.05, 0) is 36.2 Å². The molecule has 0 spiro atoms. The lowest BCUT2D eigenvalue weighted by Crippen LogP contribution is -2.56. The largest absolute Gasteiger partial charge is 0.493 e. The molecule has 8 heteroatoms. The predicted molar refractivity (Wildman–Crippen MR) is 107 cm³/mol. The van der Waals surface area contributed by atoms with Crippen molar-refractivity contribution >= 4 is 16.9 Å². The van der Waals surface area contributed by atoms with Crippen LogP contribution < -0.4 is 9.47 Å². The van der Waals surface area contributed by atoms with E-state index in [2.05, 4.69) is 10.3 Å². The van der Waals surface area contributed by atoms with Crippen molar-refractivity contribution in [2.45, 2.75) is 18.5 Å². The first-order valence-electron chi connectivity index (χ1n) is 9.51. The van der Waals surface area contributed by atoms with E-state index in [1.165, 1.54) is 0 Å². The summed E-state index contributed by atoms with van der Waals surface area (Å²) in [6, 6.07) is 12.8. The summed E-state index contributed by atoms with van der Waals surface area (Å²) in [4.78, 5) is 15.0. The lowest BCUT2D eigenvalue weighted by Gasteiger charge is -2.47. The van der Waals surface area contributed by atoms with Gasteiger partial charge in [-0.2, -0.15) is 0 Å². The normalized spacial score (nSPS) is 18.7. The number of hydrogen-bond donors (Lipinski definition) is 0. The van der Waals surface area contributed by atoms with Crippen LogP contribution >= 0.6 is 0 Å². The van der Waals surface area contributed by atoms with Gasteiger partial charge in [0.25, 0.3) is 5.91 Å². The highest BCUT2D eigenvalue weighted by molar-refractivity contribution is 5.90. The number of benzene rings is 2. The molecule has 2 heterocycles. The zero-order valence-corrected chi connectivity index (χ0v) is 16.7. The zero-order chi connectivity index (χ0) is 20.4. The van der Waals surface area contributed by atoms with Gasteiger partial charge in [-0.25, -0.2) is 4.68 Å². The average molecular weight is 396 g/mol. The molecule has 1 aromatic heterocycles. The fourth-order valence-corrected chi connectivity index (χ4v) is 3.89. The van der Waals surface area contributed by atoms with Gasteiger partial charge in [0.05, 0.1) is 25.8 Å². The smallest absolute Gasteiger partial charge is 0.250 e. The average Bonchev–Trinajstić information content (AvgIpc) is 3.17. The molecule has 1 aliphatic heterocycles. The van der Waals surface area contributed by atoms with Crippen LogP contribution in [0.15, 0.2) is 42.5 Å². The standard InChI is InChI=1S/C21H24N4O4/c1-27-12-6-11-24-19(14-9-10-17(28-2)18(13-14)29-3)20(21(24)26)25-16-8-5-4-7-15(16)22-23-25/h4-5,7-10,13,19-20H,6,11-12H2,1-3H3. The minimum Gasteiger partial charge on any atom is -0.493 e. The van der Waals surface area contributed by atoms with Crippen LogP contribution in [0.4, 0.5) is 0 Å². The van der Waals surface area contributed by atoms with E-state index in [1.807, 2.05) is 47.4 Å². The number of fused-ring (bicyclic) bond motifs is 1. The summed E-state index contributed by atoms with van der Waals surface area (Å²) in [6.07, 6.45) is 0.761. The van der Waals surface area contributed by atoms with Crippen LogP contribution in [0.2, 0.25) is 0 Å². The van der Waals surface area contributed by atoms with Gasteiger partial charge in [0.1, 0.15) is 5.52 Å². The van der Waals surface area contributed by atoms with Crippen LogP contribution in [0.5, 0.6) is 11.5 Å². The zero-order valence-electron chi connectivity index (χ0n) is 16.7. The Morgan fingerprint density at radius 3 is 2.55 bits per heavy atom. The van der Waals surface area contributed by atoms with Gasteiger partial charge < -0.3 is 19.1 Å². The molecule has 2 unspecified atom stereocenters. The van der Waals surface area contributed by atoms with Crippen molar-refractivity contribution in [3.63, 3.8) is 0 Å². The molecule has 0 saturated carbocycles. The van der Waals surface area contributed by atoms with Gasteiger partial charge in [0.15, 0.2) is 17.5 Å². The maximum absolute atomic E-state index is 13.1. The lowest BCUT2D eigenvalue weighted by atomic mass is 9.87. The van der Waals surface area contributed by atoms with Crippen molar-refractivity contribution in [1.29, 1.82) is 0 Å². The van der Waals surface area contributed by atoms with Gasteiger partial charge in [-0.15, -0.1) is 5.10 Å². The van der Waals surface area contributed by atoms with Crippen LogP contribution in [0.3, 0.4) is 0 Å². The number of para-hydroxylation sites is 1. The van der Waals surface area contributed by atoms with E-state index in [0.717, 1.165) is 23.0 Å². The summed E-state index contributed by atoms with van der Waals surface area (Å²) in [7, 11) is 4.87. The van der Waals surface area contributed by atoms with Crippen molar-refractivity contribution in [3.8, 4) is 11.5 Å². The van der Waals surface area contributed by atoms with E-state index in [4.69, 9.17) is 14.2 Å². The SMILES string of the molecule is COCCCN1C(=O)C(n2nnc3ccccc32)C1c1ccc(OC)c(OC)c1. The molecule has 1 saturated heterocycles. The number of carbonyl (C=O) groups is 1. The van der Waals surface area contributed by atoms with Crippen molar-refractivity contribution < 1.29 is 19.0 Å². The molecule has 152 valence electrons. The van der Waals surface area contributed by atoms with Crippen molar-refractivity contribution in [1.82, 2.24) is 19.9 Å². The van der Waals surface area contributed by atoms with Crippen molar-refractivity contribution in [2.75, 3.05) is 34.5 Å². The minimum atomic E-state index is -0.456. The maximum Gasteiger partial charge on any atom is 0.250 e. The number of hydrogen-bond acceptors (Lipinski definition) is 6. The van der Waals surface area contributed by atoms with Gasteiger partial charge >= 0.3 is 0 Å². The molecule has 0 N–H and O–H groups in total. The molecule has 0 bridgehead atoms. The van der Waals surface area contributed by atoms with Gasteiger partial charge in [0.2, 0.25) is 0 Å². The Bertz CT molecular complexity index is 1020. The van der Waals surface area contributed by atoms with E-state index in [9.17, 15) is 4.79 Å². The number of carbonyl (C=O) groups excluding carboxylic acids is 1. The van der Waals surface area contributed by atoms with Crippen LogP contribution in [0.1, 0.15) is 24.1 Å². The van der Waals surface area contributed by atoms with Crippen LogP contribution in [0, 0.1) is 0 Å². The molecule has 0 aliphatic carbocycles. The number of rotatable bonds is 8.